The molecule has 0 unspecified atom stereocenters. The SMILES string of the molecule is Cc1cc(CN2CCC3(CC2)CO[C@@H](COCc2ccncc2)C3)no1. The van der Waals surface area contributed by atoms with Gasteiger partial charge in [0, 0.05) is 25.0 Å². The Balaban J connectivity index is 1.20. The largest absolute Gasteiger partial charge is 0.375 e. The molecule has 2 fully saturated rings. The zero-order chi connectivity index (χ0) is 17.8. The van der Waals surface area contributed by atoms with E-state index in [1.54, 1.807) is 12.4 Å². The van der Waals surface area contributed by atoms with Gasteiger partial charge in [0.05, 0.1) is 31.6 Å². The number of aryl methyl sites for hydroxylation is 1. The van der Waals surface area contributed by atoms with E-state index in [1.807, 2.05) is 25.1 Å². The quantitative estimate of drug-likeness (QED) is 0.792. The molecule has 2 aromatic rings. The molecular formula is C20H27N3O3. The topological polar surface area (TPSA) is 60.6 Å². The van der Waals surface area contributed by atoms with E-state index in [4.69, 9.17) is 14.0 Å². The smallest absolute Gasteiger partial charge is 0.133 e. The summed E-state index contributed by atoms with van der Waals surface area (Å²) in [5.74, 6) is 0.882. The maximum absolute atomic E-state index is 6.06. The maximum atomic E-state index is 6.06. The lowest BCUT2D eigenvalue weighted by atomic mass is 9.76. The summed E-state index contributed by atoms with van der Waals surface area (Å²) in [5, 5.41) is 4.11. The first-order valence-electron chi connectivity index (χ1n) is 9.44. The number of nitrogens with zero attached hydrogens (tertiary/aromatic N) is 3. The van der Waals surface area contributed by atoms with E-state index in [9.17, 15) is 0 Å². The number of ether oxygens (including phenoxy) is 2. The van der Waals surface area contributed by atoms with E-state index >= 15 is 0 Å². The highest BCUT2D eigenvalue weighted by Gasteiger charge is 2.42. The molecule has 0 N–H and O–H groups in total. The van der Waals surface area contributed by atoms with Crippen molar-refractivity contribution in [2.75, 3.05) is 26.3 Å². The van der Waals surface area contributed by atoms with Crippen LogP contribution >= 0.6 is 0 Å². The molecule has 1 spiro atoms. The van der Waals surface area contributed by atoms with Gasteiger partial charge >= 0.3 is 0 Å². The van der Waals surface area contributed by atoms with Gasteiger partial charge in [0.25, 0.3) is 0 Å². The summed E-state index contributed by atoms with van der Waals surface area (Å²) in [7, 11) is 0. The number of rotatable bonds is 6. The summed E-state index contributed by atoms with van der Waals surface area (Å²) in [4.78, 5) is 6.50. The Bertz CT molecular complexity index is 695. The summed E-state index contributed by atoms with van der Waals surface area (Å²) < 4.78 is 17.1. The number of likely N-dealkylation sites (tertiary alicyclic amines) is 1. The molecule has 2 aliphatic heterocycles. The Kier molecular flexibility index (Phi) is 5.33. The molecule has 140 valence electrons. The molecule has 0 radical (unpaired) electrons. The van der Waals surface area contributed by atoms with E-state index in [2.05, 4.69) is 15.0 Å². The zero-order valence-corrected chi connectivity index (χ0v) is 15.4. The van der Waals surface area contributed by atoms with Crippen LogP contribution in [0.2, 0.25) is 0 Å². The fraction of sp³-hybridized carbons (Fsp3) is 0.600. The van der Waals surface area contributed by atoms with Gasteiger partial charge in [0.1, 0.15) is 5.76 Å². The number of hydrogen-bond acceptors (Lipinski definition) is 6. The van der Waals surface area contributed by atoms with Crippen LogP contribution in [0.1, 0.15) is 36.3 Å². The predicted octanol–water partition coefficient (Wildman–Crippen LogP) is 2.97. The Morgan fingerprint density at radius 2 is 2.08 bits per heavy atom. The van der Waals surface area contributed by atoms with Crippen LogP contribution in [-0.2, 0) is 22.6 Å². The highest BCUT2D eigenvalue weighted by molar-refractivity contribution is 5.08. The van der Waals surface area contributed by atoms with Crippen LogP contribution in [0.5, 0.6) is 0 Å². The first kappa shape index (κ1) is 17.6. The summed E-state index contributed by atoms with van der Waals surface area (Å²) in [6.07, 6.45) is 7.30. The summed E-state index contributed by atoms with van der Waals surface area (Å²) in [6.45, 7) is 7.18. The van der Waals surface area contributed by atoms with Crippen LogP contribution in [0.15, 0.2) is 35.1 Å². The first-order valence-corrected chi connectivity index (χ1v) is 9.44. The fourth-order valence-corrected chi connectivity index (χ4v) is 4.05. The van der Waals surface area contributed by atoms with Gasteiger partial charge in [0.2, 0.25) is 0 Å². The average Bonchev–Trinajstić information content (AvgIpc) is 3.25. The molecule has 4 rings (SSSR count). The standard InChI is InChI=1S/C20H27N3O3/c1-16-10-18(22-26-16)12-23-8-4-20(5-9-23)11-19(25-15-20)14-24-13-17-2-6-21-7-3-17/h2-3,6-7,10,19H,4-5,8-9,11-15H2,1H3/t19-/m1/s1. The number of hydrogen-bond donors (Lipinski definition) is 0. The molecule has 0 amide bonds. The van der Waals surface area contributed by atoms with Crippen LogP contribution in [0.3, 0.4) is 0 Å². The Hall–Kier alpha value is -1.76. The zero-order valence-electron chi connectivity index (χ0n) is 15.4. The molecule has 6 nitrogen and oxygen atoms in total. The van der Waals surface area contributed by atoms with Crippen molar-refractivity contribution in [1.82, 2.24) is 15.0 Å². The molecule has 0 aliphatic carbocycles. The first-order chi connectivity index (χ1) is 12.7. The fourth-order valence-electron chi connectivity index (χ4n) is 4.05. The van der Waals surface area contributed by atoms with Gasteiger partial charge in [-0.2, -0.15) is 0 Å². The summed E-state index contributed by atoms with van der Waals surface area (Å²) in [6, 6.07) is 6.01. The minimum atomic E-state index is 0.224. The van der Waals surface area contributed by atoms with Gasteiger partial charge in [-0.3, -0.25) is 9.88 Å². The Morgan fingerprint density at radius 3 is 2.81 bits per heavy atom. The lowest BCUT2D eigenvalue weighted by Gasteiger charge is -2.38. The summed E-state index contributed by atoms with van der Waals surface area (Å²) in [5.41, 5.74) is 2.52. The predicted molar refractivity (Wildman–Crippen MR) is 96.4 cm³/mol. The molecule has 4 heterocycles. The van der Waals surface area contributed by atoms with E-state index in [1.165, 1.54) is 12.8 Å². The second-order valence-corrected chi connectivity index (χ2v) is 7.71. The van der Waals surface area contributed by atoms with Gasteiger partial charge in [-0.15, -0.1) is 0 Å². The van der Waals surface area contributed by atoms with Crippen LogP contribution in [-0.4, -0.2) is 47.4 Å². The molecule has 26 heavy (non-hydrogen) atoms. The number of piperidine rings is 1. The van der Waals surface area contributed by atoms with E-state index < -0.39 is 0 Å². The summed E-state index contributed by atoms with van der Waals surface area (Å²) >= 11 is 0. The molecule has 1 atom stereocenters. The van der Waals surface area contributed by atoms with Gasteiger partial charge in [-0.1, -0.05) is 5.16 Å². The normalized spacial score (nSPS) is 22.9. The van der Waals surface area contributed by atoms with E-state index in [0.717, 1.165) is 49.7 Å². The van der Waals surface area contributed by atoms with Crippen LogP contribution in [0.4, 0.5) is 0 Å². The third-order valence-electron chi connectivity index (χ3n) is 5.59. The molecule has 0 aromatic carbocycles. The minimum Gasteiger partial charge on any atom is -0.375 e. The minimum absolute atomic E-state index is 0.224. The lowest BCUT2D eigenvalue weighted by Crippen LogP contribution is -2.40. The molecule has 6 heteroatoms. The van der Waals surface area contributed by atoms with Crippen LogP contribution in [0, 0.1) is 12.3 Å². The second-order valence-electron chi connectivity index (χ2n) is 7.71. The Labute approximate surface area is 154 Å². The van der Waals surface area contributed by atoms with E-state index in [-0.39, 0.29) is 6.10 Å². The van der Waals surface area contributed by atoms with Crippen molar-refractivity contribution in [1.29, 1.82) is 0 Å². The molecule has 2 saturated heterocycles. The van der Waals surface area contributed by atoms with Crippen molar-refractivity contribution in [3.05, 3.63) is 47.6 Å². The van der Waals surface area contributed by atoms with Crippen molar-refractivity contribution in [2.45, 2.75) is 45.4 Å². The highest BCUT2D eigenvalue weighted by atomic mass is 16.5. The monoisotopic (exact) mass is 357 g/mol. The molecule has 2 aliphatic rings. The van der Waals surface area contributed by atoms with Gasteiger partial charge in [-0.05, 0) is 62.4 Å². The second kappa shape index (κ2) is 7.86. The van der Waals surface area contributed by atoms with Gasteiger partial charge < -0.3 is 14.0 Å². The lowest BCUT2D eigenvalue weighted by molar-refractivity contribution is 0.00630. The van der Waals surface area contributed by atoms with Crippen molar-refractivity contribution in [2.24, 2.45) is 5.41 Å². The Morgan fingerprint density at radius 1 is 1.27 bits per heavy atom. The van der Waals surface area contributed by atoms with Crippen molar-refractivity contribution in [3.8, 4) is 0 Å². The highest BCUT2D eigenvalue weighted by Crippen LogP contribution is 2.42. The third kappa shape index (κ3) is 4.31. The molecule has 0 saturated carbocycles. The van der Waals surface area contributed by atoms with Gasteiger partial charge in [0.15, 0.2) is 0 Å². The van der Waals surface area contributed by atoms with Crippen molar-refractivity contribution in [3.63, 3.8) is 0 Å². The third-order valence-corrected chi connectivity index (χ3v) is 5.59. The number of pyridine rings is 1. The molecular weight excluding hydrogens is 330 g/mol. The van der Waals surface area contributed by atoms with Crippen LogP contribution < -0.4 is 0 Å². The van der Waals surface area contributed by atoms with Gasteiger partial charge in [-0.25, -0.2) is 0 Å². The van der Waals surface area contributed by atoms with Crippen molar-refractivity contribution < 1.29 is 14.0 Å². The van der Waals surface area contributed by atoms with Crippen molar-refractivity contribution >= 4 is 0 Å². The van der Waals surface area contributed by atoms with E-state index in [0.29, 0.717) is 18.6 Å². The average molecular weight is 357 g/mol. The maximum Gasteiger partial charge on any atom is 0.133 e. The molecule has 0 bridgehead atoms. The number of aromatic nitrogens is 2. The molecule has 2 aromatic heterocycles. The van der Waals surface area contributed by atoms with Crippen LogP contribution in [0.25, 0.3) is 0 Å².